The predicted octanol–water partition coefficient (Wildman–Crippen LogP) is 4.74. The van der Waals surface area contributed by atoms with Gasteiger partial charge in [-0.1, -0.05) is 11.6 Å². The maximum Gasteiger partial charge on any atom is 0.416 e. The Morgan fingerprint density at radius 2 is 1.96 bits per heavy atom. The van der Waals surface area contributed by atoms with E-state index in [-0.39, 0.29) is 34.2 Å². The second kappa shape index (κ2) is 8.26. The average Bonchev–Trinajstić information content (AvgIpc) is 2.56. The Bertz CT molecular complexity index is 872. The number of hydrogen-bond donors (Lipinski definition) is 1. The summed E-state index contributed by atoms with van der Waals surface area (Å²) in [6.45, 7) is 2.07. The molecule has 6 nitrogen and oxygen atoms in total. The normalized spacial score (nSPS) is 11.1. The van der Waals surface area contributed by atoms with Gasteiger partial charge in [-0.05, 0) is 37.3 Å². The van der Waals surface area contributed by atoms with Crippen LogP contribution >= 0.6 is 11.6 Å². The van der Waals surface area contributed by atoms with Gasteiger partial charge in [-0.3, -0.25) is 14.9 Å². The number of nitro benzene ring substituents is 1. The molecule has 0 bridgehead atoms. The van der Waals surface area contributed by atoms with Gasteiger partial charge in [0, 0.05) is 18.2 Å². The first-order chi connectivity index (χ1) is 12.6. The van der Waals surface area contributed by atoms with Gasteiger partial charge in [0.25, 0.3) is 5.69 Å². The van der Waals surface area contributed by atoms with Crippen LogP contribution < -0.4 is 10.1 Å². The lowest BCUT2D eigenvalue weighted by atomic mass is 10.1. The van der Waals surface area contributed by atoms with E-state index < -0.39 is 22.6 Å². The summed E-state index contributed by atoms with van der Waals surface area (Å²) >= 11 is 5.84. The smallest absolute Gasteiger partial charge is 0.416 e. The van der Waals surface area contributed by atoms with Crippen molar-refractivity contribution in [3.05, 3.63) is 62.7 Å². The Morgan fingerprint density at radius 3 is 2.52 bits per heavy atom. The number of nitrogens with zero attached hydrogens (tertiary/aromatic N) is 1. The zero-order valence-corrected chi connectivity index (χ0v) is 14.7. The van der Waals surface area contributed by atoms with Crippen molar-refractivity contribution in [1.29, 1.82) is 0 Å². The summed E-state index contributed by atoms with van der Waals surface area (Å²) in [6.07, 6.45) is -4.79. The summed E-state index contributed by atoms with van der Waals surface area (Å²) in [6, 6.07) is 6.28. The van der Waals surface area contributed by atoms with Crippen molar-refractivity contribution in [2.45, 2.75) is 19.5 Å². The van der Waals surface area contributed by atoms with Crippen LogP contribution in [0.25, 0.3) is 0 Å². The third-order valence-corrected chi connectivity index (χ3v) is 3.75. The summed E-state index contributed by atoms with van der Waals surface area (Å²) in [5.74, 6) is -0.366. The average molecular weight is 403 g/mol. The molecule has 0 aromatic heterocycles. The zero-order chi connectivity index (χ0) is 20.2. The molecule has 1 amide bonds. The predicted molar refractivity (Wildman–Crippen MR) is 92.0 cm³/mol. The highest BCUT2D eigenvalue weighted by atomic mass is 35.5. The maximum absolute atomic E-state index is 12.7. The van der Waals surface area contributed by atoms with Gasteiger partial charge in [0.15, 0.2) is 0 Å². The molecule has 0 aliphatic carbocycles. The topological polar surface area (TPSA) is 81.5 Å². The van der Waals surface area contributed by atoms with Gasteiger partial charge in [0.2, 0.25) is 5.91 Å². The number of hydrogen-bond acceptors (Lipinski definition) is 4. The molecule has 10 heteroatoms. The monoisotopic (exact) mass is 402 g/mol. The molecular formula is C17H14ClF3N2O4. The van der Waals surface area contributed by atoms with Crippen LogP contribution in [0.5, 0.6) is 11.5 Å². The van der Waals surface area contributed by atoms with Gasteiger partial charge in [-0.25, -0.2) is 0 Å². The number of carbonyl (C=O) groups is 1. The van der Waals surface area contributed by atoms with E-state index in [0.717, 1.165) is 24.3 Å². The molecule has 0 atom stereocenters. The SMILES string of the molecule is CCNC(=O)Cc1cc(Oc2ccc(C(F)(F)F)cc2Cl)ccc1[N+](=O)[O-]. The molecule has 0 spiro atoms. The number of ether oxygens (including phenoxy) is 1. The fourth-order valence-corrected chi connectivity index (χ4v) is 2.48. The molecule has 2 aromatic rings. The van der Waals surface area contributed by atoms with Crippen LogP contribution in [-0.2, 0) is 17.4 Å². The molecule has 2 rings (SSSR count). The van der Waals surface area contributed by atoms with Crippen molar-refractivity contribution in [3.63, 3.8) is 0 Å². The fourth-order valence-electron chi connectivity index (χ4n) is 2.26. The number of carbonyl (C=O) groups excluding carboxylic acids is 1. The highest BCUT2D eigenvalue weighted by molar-refractivity contribution is 6.32. The zero-order valence-electron chi connectivity index (χ0n) is 14.0. The van der Waals surface area contributed by atoms with Crippen LogP contribution in [0.2, 0.25) is 5.02 Å². The third-order valence-electron chi connectivity index (χ3n) is 3.46. The van der Waals surface area contributed by atoms with Gasteiger partial charge < -0.3 is 10.1 Å². The van der Waals surface area contributed by atoms with E-state index in [2.05, 4.69) is 5.32 Å². The van der Waals surface area contributed by atoms with Gasteiger partial charge in [-0.15, -0.1) is 0 Å². The van der Waals surface area contributed by atoms with Crippen molar-refractivity contribution in [1.82, 2.24) is 5.32 Å². The molecule has 0 saturated heterocycles. The largest absolute Gasteiger partial charge is 0.456 e. The Morgan fingerprint density at radius 1 is 1.26 bits per heavy atom. The summed E-state index contributed by atoms with van der Waals surface area (Å²) in [5, 5.41) is 13.4. The number of rotatable bonds is 6. The van der Waals surface area contributed by atoms with E-state index in [9.17, 15) is 28.1 Å². The van der Waals surface area contributed by atoms with Crippen LogP contribution in [0, 0.1) is 10.1 Å². The van der Waals surface area contributed by atoms with E-state index in [0.29, 0.717) is 6.54 Å². The van der Waals surface area contributed by atoms with Gasteiger partial charge >= 0.3 is 6.18 Å². The summed E-state index contributed by atoms with van der Waals surface area (Å²) in [4.78, 5) is 22.2. The number of nitro groups is 1. The second-order valence-electron chi connectivity index (χ2n) is 5.42. The Hall–Kier alpha value is -2.81. The quantitative estimate of drug-likeness (QED) is 0.559. The first-order valence-electron chi connectivity index (χ1n) is 7.70. The fraction of sp³-hybridized carbons (Fsp3) is 0.235. The summed E-state index contributed by atoms with van der Waals surface area (Å²) < 4.78 is 43.5. The van der Waals surface area contributed by atoms with Crippen molar-refractivity contribution < 1.29 is 27.6 Å². The molecule has 1 N–H and O–H groups in total. The van der Waals surface area contributed by atoms with Crippen LogP contribution in [0.4, 0.5) is 18.9 Å². The molecular weight excluding hydrogens is 389 g/mol. The van der Waals surface area contributed by atoms with Gasteiger partial charge in [0.05, 0.1) is 21.9 Å². The summed E-state index contributed by atoms with van der Waals surface area (Å²) in [7, 11) is 0. The second-order valence-corrected chi connectivity index (χ2v) is 5.83. The number of nitrogens with one attached hydrogen (secondary N) is 1. The minimum absolute atomic E-state index is 0.0533. The third kappa shape index (κ3) is 5.33. The molecule has 0 aliphatic rings. The van der Waals surface area contributed by atoms with Gasteiger partial charge in [-0.2, -0.15) is 13.2 Å². The molecule has 144 valence electrons. The summed E-state index contributed by atoms with van der Waals surface area (Å²) in [5.41, 5.74) is -1.10. The first-order valence-corrected chi connectivity index (χ1v) is 8.08. The Kier molecular flexibility index (Phi) is 6.27. The van der Waals surface area contributed by atoms with Crippen LogP contribution in [-0.4, -0.2) is 17.4 Å². The number of benzene rings is 2. The molecule has 2 aromatic carbocycles. The van der Waals surface area contributed by atoms with Crippen molar-refractivity contribution >= 4 is 23.2 Å². The molecule has 0 aliphatic heterocycles. The number of halogens is 4. The number of alkyl halides is 3. The van der Waals surface area contributed by atoms with E-state index in [4.69, 9.17) is 16.3 Å². The molecule has 0 heterocycles. The Balaban J connectivity index is 2.31. The molecule has 0 unspecified atom stereocenters. The maximum atomic E-state index is 12.7. The van der Waals surface area contributed by atoms with Crippen molar-refractivity contribution in [2.24, 2.45) is 0 Å². The molecule has 0 radical (unpaired) electrons. The van der Waals surface area contributed by atoms with E-state index in [1.54, 1.807) is 6.92 Å². The van der Waals surface area contributed by atoms with Crippen LogP contribution in [0.3, 0.4) is 0 Å². The molecule has 0 saturated carbocycles. The van der Waals surface area contributed by atoms with E-state index in [1.807, 2.05) is 0 Å². The lowest BCUT2D eigenvalue weighted by molar-refractivity contribution is -0.385. The van der Waals surface area contributed by atoms with Crippen LogP contribution in [0.1, 0.15) is 18.1 Å². The highest BCUT2D eigenvalue weighted by Gasteiger charge is 2.31. The molecule has 0 fully saturated rings. The van der Waals surface area contributed by atoms with Crippen LogP contribution in [0.15, 0.2) is 36.4 Å². The van der Waals surface area contributed by atoms with Crippen molar-refractivity contribution in [3.8, 4) is 11.5 Å². The standard InChI is InChI=1S/C17H14ClF3N2O4/c1-2-22-16(24)8-10-7-12(4-5-14(10)23(25)26)27-15-6-3-11(9-13(15)18)17(19,20)21/h3-7,9H,2,8H2,1H3,(H,22,24). The number of likely N-dealkylation sites (N-methyl/N-ethyl adjacent to an activating group) is 1. The number of amides is 1. The minimum atomic E-state index is -4.55. The van der Waals surface area contributed by atoms with Crippen molar-refractivity contribution in [2.75, 3.05) is 6.54 Å². The van der Waals surface area contributed by atoms with E-state index >= 15 is 0 Å². The minimum Gasteiger partial charge on any atom is -0.456 e. The lowest BCUT2D eigenvalue weighted by Gasteiger charge is -2.12. The Labute approximate surface area is 157 Å². The van der Waals surface area contributed by atoms with E-state index in [1.165, 1.54) is 12.1 Å². The highest BCUT2D eigenvalue weighted by Crippen LogP contribution is 2.37. The first kappa shape index (κ1) is 20.5. The molecule has 27 heavy (non-hydrogen) atoms. The van der Waals surface area contributed by atoms with Gasteiger partial charge in [0.1, 0.15) is 11.5 Å². The lowest BCUT2D eigenvalue weighted by Crippen LogP contribution is -2.24.